The van der Waals surface area contributed by atoms with Crippen LogP contribution in [0.3, 0.4) is 0 Å². The Labute approximate surface area is 80.8 Å². The van der Waals surface area contributed by atoms with Gasteiger partial charge >= 0.3 is 0 Å². The summed E-state index contributed by atoms with van der Waals surface area (Å²) >= 11 is 0. The number of rotatable bonds is 1. The second-order valence-corrected chi connectivity index (χ2v) is 3.11. The molecule has 0 spiro atoms. The van der Waals surface area contributed by atoms with Gasteiger partial charge in [-0.05, 0) is 24.1 Å². The summed E-state index contributed by atoms with van der Waals surface area (Å²) in [5.74, 6) is 0.224. The lowest BCUT2D eigenvalue weighted by atomic mass is 10.0. The van der Waals surface area contributed by atoms with Crippen molar-refractivity contribution in [3.8, 4) is 11.1 Å². The Kier molecular flexibility index (Phi) is 1.96. The zero-order valence-electron chi connectivity index (χ0n) is 7.71. The molecule has 0 aliphatic rings. The van der Waals surface area contributed by atoms with Gasteiger partial charge in [-0.1, -0.05) is 12.1 Å². The summed E-state index contributed by atoms with van der Waals surface area (Å²) in [6.45, 7) is 1.72. The van der Waals surface area contributed by atoms with Crippen molar-refractivity contribution in [2.24, 2.45) is 0 Å². The van der Waals surface area contributed by atoms with Crippen LogP contribution in [-0.2, 0) is 0 Å². The molecule has 0 aliphatic carbocycles. The van der Waals surface area contributed by atoms with E-state index in [1.807, 2.05) is 6.07 Å². The van der Waals surface area contributed by atoms with Crippen molar-refractivity contribution in [2.75, 3.05) is 5.73 Å². The minimum atomic E-state index is -0.233. The smallest absolute Gasteiger partial charge is 0.126 e. The van der Waals surface area contributed by atoms with Gasteiger partial charge in [0.25, 0.3) is 0 Å². The molecular formula is C10H10FN3. The number of halogens is 1. The van der Waals surface area contributed by atoms with Gasteiger partial charge in [0.05, 0.1) is 6.20 Å². The summed E-state index contributed by atoms with van der Waals surface area (Å²) in [6, 6.07) is 4.90. The van der Waals surface area contributed by atoms with Crippen molar-refractivity contribution in [1.82, 2.24) is 10.2 Å². The number of nitrogen functional groups attached to an aromatic ring is 1. The third-order valence-corrected chi connectivity index (χ3v) is 2.23. The Morgan fingerprint density at radius 2 is 2.14 bits per heavy atom. The zero-order chi connectivity index (χ0) is 10.1. The molecule has 2 aromatic rings. The third-order valence-electron chi connectivity index (χ3n) is 2.23. The average Bonchev–Trinajstić information content (AvgIpc) is 2.57. The number of anilines is 1. The van der Waals surface area contributed by atoms with Crippen LogP contribution >= 0.6 is 0 Å². The summed E-state index contributed by atoms with van der Waals surface area (Å²) in [5, 5.41) is 6.42. The van der Waals surface area contributed by atoms with E-state index in [1.165, 1.54) is 6.07 Å². The molecule has 1 heterocycles. The van der Waals surface area contributed by atoms with Crippen LogP contribution < -0.4 is 5.73 Å². The summed E-state index contributed by atoms with van der Waals surface area (Å²) in [5.41, 5.74) is 7.75. The minimum absolute atomic E-state index is 0.233. The largest absolute Gasteiger partial charge is 0.384 e. The van der Waals surface area contributed by atoms with Crippen LogP contribution in [0.15, 0.2) is 24.4 Å². The molecule has 1 aromatic heterocycles. The van der Waals surface area contributed by atoms with E-state index < -0.39 is 0 Å². The van der Waals surface area contributed by atoms with Gasteiger partial charge in [-0.3, -0.25) is 5.10 Å². The molecule has 14 heavy (non-hydrogen) atoms. The molecule has 0 saturated carbocycles. The normalized spacial score (nSPS) is 10.4. The van der Waals surface area contributed by atoms with Crippen molar-refractivity contribution in [3.05, 3.63) is 35.8 Å². The van der Waals surface area contributed by atoms with Crippen molar-refractivity contribution in [3.63, 3.8) is 0 Å². The number of aromatic amines is 1. The molecule has 0 radical (unpaired) electrons. The maximum atomic E-state index is 13.2. The molecule has 0 bridgehead atoms. The molecule has 3 N–H and O–H groups in total. The molecule has 0 fully saturated rings. The van der Waals surface area contributed by atoms with Crippen LogP contribution in [-0.4, -0.2) is 10.2 Å². The fourth-order valence-electron chi connectivity index (χ4n) is 1.41. The highest BCUT2D eigenvalue weighted by atomic mass is 19.1. The number of nitrogens with zero attached hydrogens (tertiary/aromatic N) is 1. The number of H-pyrrole nitrogens is 1. The number of hydrogen-bond acceptors (Lipinski definition) is 2. The first-order valence-corrected chi connectivity index (χ1v) is 4.24. The van der Waals surface area contributed by atoms with Gasteiger partial charge in [-0.2, -0.15) is 5.10 Å². The first-order chi connectivity index (χ1) is 6.70. The fourth-order valence-corrected chi connectivity index (χ4v) is 1.41. The topological polar surface area (TPSA) is 54.7 Å². The fraction of sp³-hybridized carbons (Fsp3) is 0.100. The second kappa shape index (κ2) is 3.14. The van der Waals surface area contributed by atoms with Crippen molar-refractivity contribution in [1.29, 1.82) is 0 Å². The molecule has 72 valence electrons. The molecule has 3 nitrogen and oxygen atoms in total. The molecule has 0 unspecified atom stereocenters. The highest BCUT2D eigenvalue weighted by Crippen LogP contribution is 2.27. The molecule has 0 saturated heterocycles. The Morgan fingerprint density at radius 3 is 2.79 bits per heavy atom. The van der Waals surface area contributed by atoms with Gasteiger partial charge in [0.1, 0.15) is 11.6 Å². The van der Waals surface area contributed by atoms with Crippen LogP contribution in [0, 0.1) is 12.7 Å². The molecule has 2 rings (SSSR count). The molecule has 0 atom stereocenters. The first-order valence-electron chi connectivity index (χ1n) is 4.24. The van der Waals surface area contributed by atoms with E-state index in [0.29, 0.717) is 11.4 Å². The molecule has 1 aromatic carbocycles. The standard InChI is InChI=1S/C10H10FN3/c1-6-7(3-2-4-9(6)11)8-5-13-14-10(8)12/h2-5H,1H3,(H3,12,13,14). The maximum Gasteiger partial charge on any atom is 0.126 e. The van der Waals surface area contributed by atoms with Gasteiger partial charge in [0.2, 0.25) is 0 Å². The lowest BCUT2D eigenvalue weighted by molar-refractivity contribution is 0.619. The summed E-state index contributed by atoms with van der Waals surface area (Å²) in [6.07, 6.45) is 1.59. The van der Waals surface area contributed by atoms with Gasteiger partial charge in [-0.15, -0.1) is 0 Å². The van der Waals surface area contributed by atoms with Crippen LogP contribution in [0.25, 0.3) is 11.1 Å². The molecular weight excluding hydrogens is 181 g/mol. The lowest BCUT2D eigenvalue weighted by Gasteiger charge is -2.04. The Bertz CT molecular complexity index is 462. The number of hydrogen-bond donors (Lipinski definition) is 2. The quantitative estimate of drug-likeness (QED) is 0.725. The predicted octanol–water partition coefficient (Wildman–Crippen LogP) is 2.11. The number of nitrogens with one attached hydrogen (secondary N) is 1. The third kappa shape index (κ3) is 1.25. The van der Waals surface area contributed by atoms with E-state index in [9.17, 15) is 4.39 Å². The van der Waals surface area contributed by atoms with Crippen LogP contribution in [0.1, 0.15) is 5.56 Å². The molecule has 4 heteroatoms. The molecule has 0 amide bonds. The van der Waals surface area contributed by atoms with E-state index in [0.717, 1.165) is 11.1 Å². The Hall–Kier alpha value is -1.84. The maximum absolute atomic E-state index is 13.2. The summed E-state index contributed by atoms with van der Waals surface area (Å²) in [4.78, 5) is 0. The van der Waals surface area contributed by atoms with E-state index in [1.54, 1.807) is 19.2 Å². The van der Waals surface area contributed by atoms with Crippen LogP contribution in [0.5, 0.6) is 0 Å². The van der Waals surface area contributed by atoms with Gasteiger partial charge < -0.3 is 5.73 Å². The highest BCUT2D eigenvalue weighted by Gasteiger charge is 2.09. The van der Waals surface area contributed by atoms with Crippen molar-refractivity contribution in [2.45, 2.75) is 6.92 Å². The van der Waals surface area contributed by atoms with E-state index in [2.05, 4.69) is 10.2 Å². The summed E-state index contributed by atoms with van der Waals surface area (Å²) in [7, 11) is 0. The Balaban J connectivity index is 2.63. The first kappa shape index (κ1) is 8.74. The van der Waals surface area contributed by atoms with Crippen LogP contribution in [0.4, 0.5) is 10.2 Å². The monoisotopic (exact) mass is 191 g/mol. The Morgan fingerprint density at radius 1 is 1.36 bits per heavy atom. The lowest BCUT2D eigenvalue weighted by Crippen LogP contribution is -1.91. The number of aromatic nitrogens is 2. The van der Waals surface area contributed by atoms with E-state index in [-0.39, 0.29) is 5.82 Å². The molecule has 0 aliphatic heterocycles. The van der Waals surface area contributed by atoms with Gasteiger partial charge in [-0.25, -0.2) is 4.39 Å². The minimum Gasteiger partial charge on any atom is -0.384 e. The van der Waals surface area contributed by atoms with Crippen molar-refractivity contribution < 1.29 is 4.39 Å². The van der Waals surface area contributed by atoms with E-state index in [4.69, 9.17) is 5.73 Å². The van der Waals surface area contributed by atoms with E-state index >= 15 is 0 Å². The zero-order valence-corrected chi connectivity index (χ0v) is 7.71. The SMILES string of the molecule is Cc1c(F)cccc1-c1cn[nH]c1N. The highest BCUT2D eigenvalue weighted by molar-refractivity contribution is 5.75. The van der Waals surface area contributed by atoms with Crippen molar-refractivity contribution >= 4 is 5.82 Å². The number of benzene rings is 1. The average molecular weight is 191 g/mol. The van der Waals surface area contributed by atoms with Gasteiger partial charge in [0, 0.05) is 5.56 Å². The van der Waals surface area contributed by atoms with Gasteiger partial charge in [0.15, 0.2) is 0 Å². The number of nitrogens with two attached hydrogens (primary N) is 1. The second-order valence-electron chi connectivity index (χ2n) is 3.11. The summed E-state index contributed by atoms with van der Waals surface area (Å²) < 4.78 is 13.2. The predicted molar refractivity (Wildman–Crippen MR) is 53.1 cm³/mol. The van der Waals surface area contributed by atoms with Crippen LogP contribution in [0.2, 0.25) is 0 Å².